The lowest BCUT2D eigenvalue weighted by molar-refractivity contribution is 0.545. The maximum atomic E-state index is 14.9. The highest BCUT2D eigenvalue weighted by Crippen LogP contribution is 2.28. The molecule has 0 fully saturated rings. The Morgan fingerprint density at radius 3 is 2.40 bits per heavy atom. The van der Waals surface area contributed by atoms with E-state index in [-0.39, 0.29) is 12.1 Å². The Morgan fingerprint density at radius 2 is 1.60 bits per heavy atom. The van der Waals surface area contributed by atoms with Crippen molar-refractivity contribution in [1.29, 1.82) is 0 Å². The van der Waals surface area contributed by atoms with E-state index in [2.05, 4.69) is 9.97 Å². The zero-order valence-corrected chi connectivity index (χ0v) is 15.7. The summed E-state index contributed by atoms with van der Waals surface area (Å²) >= 11 is 0. The molecule has 0 N–H and O–H groups in total. The maximum absolute atomic E-state index is 14.9. The van der Waals surface area contributed by atoms with Crippen LogP contribution in [0.1, 0.15) is 5.56 Å². The highest BCUT2D eigenvalue weighted by molar-refractivity contribution is 5.87. The van der Waals surface area contributed by atoms with Crippen LogP contribution in [0.2, 0.25) is 0 Å². The van der Waals surface area contributed by atoms with Gasteiger partial charge in [0.15, 0.2) is 0 Å². The molecule has 0 radical (unpaired) electrons. The molecule has 0 unspecified atom stereocenters. The first-order valence-corrected chi connectivity index (χ1v) is 9.37. The Labute approximate surface area is 170 Å². The minimum Gasteiger partial charge on any atom is -0.299 e. The van der Waals surface area contributed by atoms with E-state index in [1.807, 2.05) is 42.5 Å². The summed E-state index contributed by atoms with van der Waals surface area (Å²) in [7, 11) is 0. The third kappa shape index (κ3) is 3.12. The van der Waals surface area contributed by atoms with Crippen molar-refractivity contribution in [1.82, 2.24) is 14.5 Å². The Bertz CT molecular complexity index is 1450. The summed E-state index contributed by atoms with van der Waals surface area (Å²) in [4.78, 5) is 20.3. The second-order valence-corrected chi connectivity index (χ2v) is 7.03. The molecule has 0 spiro atoms. The van der Waals surface area contributed by atoms with Crippen LogP contribution in [-0.2, 0) is 6.54 Å². The molecule has 146 valence electrons. The quantitative estimate of drug-likeness (QED) is 0.432. The zero-order chi connectivity index (χ0) is 20.7. The largest absolute Gasteiger partial charge is 0.299 e. The van der Waals surface area contributed by atoms with Crippen LogP contribution < -0.4 is 5.56 Å². The number of hydrogen-bond donors (Lipinski definition) is 0. The number of pyridine rings is 1. The third-order valence-corrected chi connectivity index (χ3v) is 5.19. The summed E-state index contributed by atoms with van der Waals surface area (Å²) in [6.07, 6.45) is 4.15. The van der Waals surface area contributed by atoms with Crippen LogP contribution in [0.4, 0.5) is 8.78 Å². The number of halogens is 2. The van der Waals surface area contributed by atoms with Gasteiger partial charge >= 0.3 is 0 Å². The molecule has 5 rings (SSSR count). The summed E-state index contributed by atoms with van der Waals surface area (Å²) in [6.45, 7) is -0.251. The molecule has 30 heavy (non-hydrogen) atoms. The second-order valence-electron chi connectivity index (χ2n) is 7.03. The number of benzene rings is 3. The van der Waals surface area contributed by atoms with Crippen molar-refractivity contribution in [2.24, 2.45) is 0 Å². The Kier molecular flexibility index (Phi) is 4.32. The first-order chi connectivity index (χ1) is 14.6. The second kappa shape index (κ2) is 7.15. The summed E-state index contributed by atoms with van der Waals surface area (Å²) in [6, 6.07) is 17.7. The van der Waals surface area contributed by atoms with Gasteiger partial charge in [0.1, 0.15) is 11.6 Å². The molecule has 2 heterocycles. The summed E-state index contributed by atoms with van der Waals surface area (Å²) < 4.78 is 31.2. The molecule has 5 aromatic rings. The van der Waals surface area contributed by atoms with Gasteiger partial charge in [0.25, 0.3) is 5.56 Å². The Morgan fingerprint density at radius 1 is 0.833 bits per heavy atom. The van der Waals surface area contributed by atoms with Crippen LogP contribution in [0.5, 0.6) is 0 Å². The molecule has 6 heteroatoms. The third-order valence-electron chi connectivity index (χ3n) is 5.19. The van der Waals surface area contributed by atoms with E-state index in [1.54, 1.807) is 12.3 Å². The van der Waals surface area contributed by atoms with Crippen LogP contribution >= 0.6 is 0 Å². The van der Waals surface area contributed by atoms with E-state index in [0.29, 0.717) is 22.2 Å². The molecule has 4 nitrogen and oxygen atoms in total. The van der Waals surface area contributed by atoms with Gasteiger partial charge in [0.2, 0.25) is 0 Å². The van der Waals surface area contributed by atoms with Crippen LogP contribution in [0.25, 0.3) is 32.9 Å². The molecule has 0 amide bonds. The SMILES string of the molecule is O=c1cnc2ccncc2n1Cc1c(F)cc(-c2ccc3ccccc3c2)cc1F. The predicted octanol–water partition coefficient (Wildman–Crippen LogP) is 4.94. The van der Waals surface area contributed by atoms with E-state index in [4.69, 9.17) is 0 Å². The van der Waals surface area contributed by atoms with Gasteiger partial charge in [0.05, 0.1) is 30.0 Å². The number of rotatable bonds is 3. The van der Waals surface area contributed by atoms with Crippen molar-refractivity contribution in [3.8, 4) is 11.1 Å². The van der Waals surface area contributed by atoms with E-state index in [0.717, 1.165) is 17.0 Å². The molecular formula is C24H15F2N3O. The number of aromatic nitrogens is 3. The summed E-state index contributed by atoms with van der Waals surface area (Å²) in [5.74, 6) is -1.42. The highest BCUT2D eigenvalue weighted by atomic mass is 19.1. The number of fused-ring (bicyclic) bond motifs is 2. The average molecular weight is 399 g/mol. The number of nitrogens with zero attached hydrogens (tertiary/aromatic N) is 3. The first-order valence-electron chi connectivity index (χ1n) is 9.37. The zero-order valence-electron chi connectivity index (χ0n) is 15.7. The predicted molar refractivity (Wildman–Crippen MR) is 112 cm³/mol. The van der Waals surface area contributed by atoms with Gasteiger partial charge in [-0.05, 0) is 46.2 Å². The van der Waals surface area contributed by atoms with Gasteiger partial charge in [0, 0.05) is 11.8 Å². The van der Waals surface area contributed by atoms with Crippen molar-refractivity contribution in [3.05, 3.63) is 107 Å². The van der Waals surface area contributed by atoms with E-state index in [9.17, 15) is 13.6 Å². The minimum atomic E-state index is -0.709. The molecule has 3 aromatic carbocycles. The van der Waals surface area contributed by atoms with Crippen LogP contribution in [0.15, 0.2) is 84.0 Å². The van der Waals surface area contributed by atoms with Crippen molar-refractivity contribution < 1.29 is 8.78 Å². The lowest BCUT2D eigenvalue weighted by Crippen LogP contribution is -2.22. The molecular weight excluding hydrogens is 384 g/mol. The monoisotopic (exact) mass is 399 g/mol. The lowest BCUT2D eigenvalue weighted by atomic mass is 9.99. The molecule has 0 aliphatic carbocycles. The molecule has 2 aromatic heterocycles. The molecule has 0 atom stereocenters. The van der Waals surface area contributed by atoms with Crippen LogP contribution in [-0.4, -0.2) is 14.5 Å². The molecule has 0 aliphatic heterocycles. The normalized spacial score (nSPS) is 11.3. The van der Waals surface area contributed by atoms with Gasteiger partial charge in [-0.25, -0.2) is 13.8 Å². The fourth-order valence-corrected chi connectivity index (χ4v) is 3.62. The summed E-state index contributed by atoms with van der Waals surface area (Å²) in [5, 5.41) is 2.04. The van der Waals surface area contributed by atoms with Crippen LogP contribution in [0, 0.1) is 11.6 Å². The van der Waals surface area contributed by atoms with Crippen molar-refractivity contribution in [2.45, 2.75) is 6.54 Å². The topological polar surface area (TPSA) is 47.8 Å². The van der Waals surface area contributed by atoms with Crippen molar-refractivity contribution in [2.75, 3.05) is 0 Å². The van der Waals surface area contributed by atoms with Crippen molar-refractivity contribution >= 4 is 21.8 Å². The van der Waals surface area contributed by atoms with Crippen molar-refractivity contribution in [3.63, 3.8) is 0 Å². The highest BCUT2D eigenvalue weighted by Gasteiger charge is 2.15. The van der Waals surface area contributed by atoms with E-state index in [1.165, 1.54) is 22.9 Å². The molecule has 0 saturated carbocycles. The standard InChI is InChI=1S/C24H15F2N3O/c25-20-10-18(17-6-5-15-3-1-2-4-16(15)9-17)11-21(26)19(20)14-29-23-12-27-8-7-22(23)28-13-24(29)30/h1-13H,14H2. The van der Waals surface area contributed by atoms with Gasteiger partial charge < -0.3 is 0 Å². The first kappa shape index (κ1) is 18.1. The van der Waals surface area contributed by atoms with Gasteiger partial charge in [-0.2, -0.15) is 0 Å². The Balaban J connectivity index is 1.58. The van der Waals surface area contributed by atoms with Gasteiger partial charge in [-0.15, -0.1) is 0 Å². The minimum absolute atomic E-state index is 0.182. The maximum Gasteiger partial charge on any atom is 0.269 e. The smallest absolute Gasteiger partial charge is 0.269 e. The molecule has 0 bridgehead atoms. The Hall–Kier alpha value is -3.93. The fourth-order valence-electron chi connectivity index (χ4n) is 3.62. The van der Waals surface area contributed by atoms with E-state index < -0.39 is 17.2 Å². The number of hydrogen-bond acceptors (Lipinski definition) is 3. The molecule has 0 saturated heterocycles. The van der Waals surface area contributed by atoms with Gasteiger partial charge in [-0.1, -0.05) is 36.4 Å². The molecule has 0 aliphatic rings. The summed E-state index contributed by atoms with van der Waals surface area (Å²) in [5.41, 5.74) is 1.47. The van der Waals surface area contributed by atoms with Crippen LogP contribution in [0.3, 0.4) is 0 Å². The average Bonchev–Trinajstić information content (AvgIpc) is 2.77. The lowest BCUT2D eigenvalue weighted by Gasteiger charge is -2.12. The van der Waals surface area contributed by atoms with Gasteiger partial charge in [-0.3, -0.25) is 14.3 Å². The van der Waals surface area contributed by atoms with E-state index >= 15 is 0 Å². The fraction of sp³-hybridized carbons (Fsp3) is 0.0417.